The van der Waals surface area contributed by atoms with Crippen molar-refractivity contribution in [2.45, 2.75) is 19.1 Å². The van der Waals surface area contributed by atoms with Crippen molar-refractivity contribution >= 4 is 11.7 Å². The zero-order chi connectivity index (χ0) is 20.9. The number of rotatable bonds is 6. The summed E-state index contributed by atoms with van der Waals surface area (Å²) in [7, 11) is 0. The molecule has 0 aliphatic rings. The molecule has 2 heterocycles. The van der Waals surface area contributed by atoms with E-state index in [-0.39, 0.29) is 24.3 Å². The SMILES string of the molecule is O=C(NCCCn1nc(-c2ccco2)ccc1=O)Nc1ccc(C(F)(F)F)cc1. The molecule has 2 amide bonds. The fraction of sp³-hybridized carbons (Fsp3) is 0.211. The highest BCUT2D eigenvalue weighted by atomic mass is 19.4. The Hall–Kier alpha value is -3.56. The molecule has 29 heavy (non-hydrogen) atoms. The normalized spacial score (nSPS) is 11.3. The van der Waals surface area contributed by atoms with E-state index < -0.39 is 17.8 Å². The third-order valence-corrected chi connectivity index (χ3v) is 3.94. The summed E-state index contributed by atoms with van der Waals surface area (Å²) in [6, 6.07) is 9.95. The van der Waals surface area contributed by atoms with Gasteiger partial charge in [-0.1, -0.05) is 0 Å². The number of halogens is 3. The average Bonchev–Trinajstić information content (AvgIpc) is 3.21. The number of carbonyl (C=O) groups is 1. The highest BCUT2D eigenvalue weighted by molar-refractivity contribution is 5.89. The van der Waals surface area contributed by atoms with Gasteiger partial charge in [-0.15, -0.1) is 0 Å². The number of amides is 2. The van der Waals surface area contributed by atoms with Gasteiger partial charge in [0.25, 0.3) is 5.56 Å². The smallest absolute Gasteiger partial charge is 0.416 e. The zero-order valence-electron chi connectivity index (χ0n) is 15.1. The topological polar surface area (TPSA) is 89.2 Å². The molecule has 1 aromatic carbocycles. The monoisotopic (exact) mass is 406 g/mol. The Labute approximate surface area is 163 Å². The number of urea groups is 1. The summed E-state index contributed by atoms with van der Waals surface area (Å²) in [4.78, 5) is 23.7. The van der Waals surface area contributed by atoms with E-state index >= 15 is 0 Å². The molecule has 0 atom stereocenters. The first-order valence-electron chi connectivity index (χ1n) is 8.67. The van der Waals surface area contributed by atoms with E-state index in [1.807, 2.05) is 0 Å². The summed E-state index contributed by atoms with van der Waals surface area (Å²) in [6.45, 7) is 0.513. The van der Waals surface area contributed by atoms with E-state index in [0.717, 1.165) is 12.1 Å². The highest BCUT2D eigenvalue weighted by Crippen LogP contribution is 2.29. The van der Waals surface area contributed by atoms with Crippen molar-refractivity contribution in [2.24, 2.45) is 0 Å². The van der Waals surface area contributed by atoms with Crippen LogP contribution in [0, 0.1) is 0 Å². The largest absolute Gasteiger partial charge is 0.463 e. The molecule has 3 rings (SSSR count). The van der Waals surface area contributed by atoms with Gasteiger partial charge in [-0.3, -0.25) is 4.79 Å². The fourth-order valence-corrected chi connectivity index (χ4v) is 2.51. The first-order valence-corrected chi connectivity index (χ1v) is 8.67. The maximum atomic E-state index is 12.5. The van der Waals surface area contributed by atoms with Gasteiger partial charge in [-0.25, -0.2) is 9.48 Å². The summed E-state index contributed by atoms with van der Waals surface area (Å²) in [6.07, 6.45) is -2.50. The first kappa shape index (κ1) is 20.2. The zero-order valence-corrected chi connectivity index (χ0v) is 15.1. The van der Waals surface area contributed by atoms with Crippen LogP contribution in [0.3, 0.4) is 0 Å². The third kappa shape index (κ3) is 5.47. The van der Waals surface area contributed by atoms with Crippen LogP contribution in [-0.2, 0) is 12.7 Å². The van der Waals surface area contributed by atoms with E-state index in [0.29, 0.717) is 17.9 Å². The van der Waals surface area contributed by atoms with Gasteiger partial charge in [0.05, 0.1) is 11.8 Å². The van der Waals surface area contributed by atoms with E-state index in [2.05, 4.69) is 15.7 Å². The Kier molecular flexibility index (Phi) is 6.01. The van der Waals surface area contributed by atoms with Crippen LogP contribution in [0.2, 0.25) is 0 Å². The molecule has 0 unspecified atom stereocenters. The van der Waals surface area contributed by atoms with Crippen molar-refractivity contribution in [3.05, 3.63) is 70.7 Å². The van der Waals surface area contributed by atoms with Crippen molar-refractivity contribution in [1.82, 2.24) is 15.1 Å². The van der Waals surface area contributed by atoms with Crippen LogP contribution in [0.5, 0.6) is 0 Å². The Morgan fingerprint density at radius 2 is 1.86 bits per heavy atom. The second-order valence-corrected chi connectivity index (χ2v) is 6.07. The quantitative estimate of drug-likeness (QED) is 0.611. The maximum absolute atomic E-state index is 12.5. The second kappa shape index (κ2) is 8.63. The van der Waals surface area contributed by atoms with E-state index in [1.165, 1.54) is 29.1 Å². The first-order chi connectivity index (χ1) is 13.8. The number of nitrogens with zero attached hydrogens (tertiary/aromatic N) is 2. The standard InChI is InChI=1S/C19H17F3N4O3/c20-19(21,22)13-4-6-14(7-5-13)24-18(28)23-10-2-11-26-17(27)9-8-15(25-26)16-3-1-12-29-16/h1,3-9,12H,2,10-11H2,(H2,23,24,28). The van der Waals surface area contributed by atoms with Crippen LogP contribution in [0.25, 0.3) is 11.5 Å². The van der Waals surface area contributed by atoms with Gasteiger partial charge in [-0.2, -0.15) is 18.3 Å². The second-order valence-electron chi connectivity index (χ2n) is 6.07. The fourth-order valence-electron chi connectivity index (χ4n) is 2.51. The molecule has 0 saturated heterocycles. The molecule has 2 N–H and O–H groups in total. The maximum Gasteiger partial charge on any atom is 0.416 e. The highest BCUT2D eigenvalue weighted by Gasteiger charge is 2.29. The van der Waals surface area contributed by atoms with Gasteiger partial charge in [0.15, 0.2) is 5.76 Å². The number of hydrogen-bond donors (Lipinski definition) is 2. The van der Waals surface area contributed by atoms with Crippen LogP contribution in [0.1, 0.15) is 12.0 Å². The summed E-state index contributed by atoms with van der Waals surface area (Å²) >= 11 is 0. The minimum absolute atomic E-state index is 0.236. The molecule has 152 valence electrons. The number of anilines is 1. The lowest BCUT2D eigenvalue weighted by molar-refractivity contribution is -0.137. The van der Waals surface area contributed by atoms with E-state index in [4.69, 9.17) is 4.42 Å². The molecule has 0 radical (unpaired) electrons. The number of furan rings is 1. The molecule has 0 spiro atoms. The summed E-state index contributed by atoms with van der Waals surface area (Å²) in [5.74, 6) is 0.535. The van der Waals surface area contributed by atoms with Crippen molar-refractivity contribution in [2.75, 3.05) is 11.9 Å². The molecular formula is C19H17F3N4O3. The van der Waals surface area contributed by atoms with Crippen LogP contribution in [0.15, 0.2) is 64.0 Å². The lowest BCUT2D eigenvalue weighted by atomic mass is 10.2. The van der Waals surface area contributed by atoms with Gasteiger partial charge in [-0.05, 0) is 48.9 Å². The number of aromatic nitrogens is 2. The molecule has 2 aromatic heterocycles. The molecule has 10 heteroatoms. The number of carbonyl (C=O) groups excluding carboxylic acids is 1. The van der Waals surface area contributed by atoms with E-state index in [9.17, 15) is 22.8 Å². The molecule has 0 saturated carbocycles. The van der Waals surface area contributed by atoms with E-state index in [1.54, 1.807) is 18.2 Å². The molecule has 0 bridgehead atoms. The van der Waals surface area contributed by atoms with Crippen LogP contribution >= 0.6 is 0 Å². The molecular weight excluding hydrogens is 389 g/mol. The Morgan fingerprint density at radius 1 is 1.10 bits per heavy atom. The summed E-state index contributed by atoms with van der Waals surface area (Å²) in [5, 5.41) is 9.24. The van der Waals surface area contributed by atoms with Crippen molar-refractivity contribution < 1.29 is 22.4 Å². The molecule has 3 aromatic rings. The Morgan fingerprint density at radius 3 is 2.52 bits per heavy atom. The van der Waals surface area contributed by atoms with Gasteiger partial charge in [0, 0.05) is 24.8 Å². The summed E-state index contributed by atoms with van der Waals surface area (Å²) < 4.78 is 44.1. The van der Waals surface area contributed by atoms with Crippen LogP contribution in [-0.4, -0.2) is 22.4 Å². The van der Waals surface area contributed by atoms with Crippen LogP contribution < -0.4 is 16.2 Å². The molecule has 0 aliphatic heterocycles. The summed E-state index contributed by atoms with van der Waals surface area (Å²) in [5.41, 5.74) is -0.324. The van der Waals surface area contributed by atoms with Gasteiger partial charge < -0.3 is 15.1 Å². The lowest BCUT2D eigenvalue weighted by Crippen LogP contribution is -2.31. The van der Waals surface area contributed by atoms with Gasteiger partial charge in [0.2, 0.25) is 0 Å². The Balaban J connectivity index is 1.47. The lowest BCUT2D eigenvalue weighted by Gasteiger charge is -2.10. The van der Waals surface area contributed by atoms with Crippen molar-refractivity contribution in [3.63, 3.8) is 0 Å². The third-order valence-electron chi connectivity index (χ3n) is 3.94. The molecule has 0 fully saturated rings. The molecule has 0 aliphatic carbocycles. The van der Waals surface area contributed by atoms with Crippen LogP contribution in [0.4, 0.5) is 23.7 Å². The Bertz CT molecular complexity index is 1010. The predicted molar refractivity (Wildman–Crippen MR) is 99.3 cm³/mol. The number of hydrogen-bond acceptors (Lipinski definition) is 4. The minimum Gasteiger partial charge on any atom is -0.463 e. The van der Waals surface area contributed by atoms with Gasteiger partial charge >= 0.3 is 12.2 Å². The average molecular weight is 406 g/mol. The number of benzene rings is 1. The molecule has 7 nitrogen and oxygen atoms in total. The van der Waals surface area contributed by atoms with Gasteiger partial charge in [0.1, 0.15) is 5.69 Å². The predicted octanol–water partition coefficient (Wildman–Crippen LogP) is 3.73. The van der Waals surface area contributed by atoms with Crippen molar-refractivity contribution in [1.29, 1.82) is 0 Å². The minimum atomic E-state index is -4.43. The number of nitrogens with one attached hydrogen (secondary N) is 2. The number of alkyl halides is 3. The number of aryl methyl sites for hydroxylation is 1. The van der Waals surface area contributed by atoms with Crippen molar-refractivity contribution in [3.8, 4) is 11.5 Å².